The normalized spacial score (nSPS) is 32.0. The Morgan fingerprint density at radius 3 is 2.71 bits per heavy atom. The molecule has 0 aromatic rings. The second kappa shape index (κ2) is 4.91. The third-order valence-electron chi connectivity index (χ3n) is 3.01. The minimum Gasteiger partial charge on any atom is -0.372 e. The van der Waals surface area contributed by atoms with Gasteiger partial charge >= 0.3 is 0 Å². The van der Waals surface area contributed by atoms with E-state index in [1.54, 1.807) is 0 Å². The molecule has 14 heavy (non-hydrogen) atoms. The SMILES string of the molecule is C=CCNCCN1CC2CCC(C1)O2. The van der Waals surface area contributed by atoms with Gasteiger partial charge in [0.25, 0.3) is 0 Å². The van der Waals surface area contributed by atoms with Crippen molar-refractivity contribution in [3.63, 3.8) is 0 Å². The maximum Gasteiger partial charge on any atom is 0.0707 e. The van der Waals surface area contributed by atoms with Crippen molar-refractivity contribution in [1.82, 2.24) is 10.2 Å². The van der Waals surface area contributed by atoms with Crippen LogP contribution in [0.2, 0.25) is 0 Å². The fraction of sp³-hybridized carbons (Fsp3) is 0.818. The van der Waals surface area contributed by atoms with E-state index in [4.69, 9.17) is 4.74 Å². The molecule has 3 nitrogen and oxygen atoms in total. The molecule has 0 amide bonds. The van der Waals surface area contributed by atoms with E-state index in [0.29, 0.717) is 12.2 Å². The lowest BCUT2D eigenvalue weighted by molar-refractivity contribution is -0.0376. The zero-order valence-corrected chi connectivity index (χ0v) is 8.74. The highest BCUT2D eigenvalue weighted by atomic mass is 16.5. The van der Waals surface area contributed by atoms with Crippen LogP contribution in [0.5, 0.6) is 0 Å². The van der Waals surface area contributed by atoms with E-state index in [1.165, 1.54) is 12.8 Å². The molecule has 0 saturated carbocycles. The molecule has 2 aliphatic heterocycles. The van der Waals surface area contributed by atoms with Crippen molar-refractivity contribution in [3.8, 4) is 0 Å². The van der Waals surface area contributed by atoms with Crippen molar-refractivity contribution >= 4 is 0 Å². The standard InChI is InChI=1S/C11H20N2O/c1-2-5-12-6-7-13-8-10-3-4-11(9-13)14-10/h2,10-12H,1,3-9H2. The van der Waals surface area contributed by atoms with Gasteiger partial charge in [0.1, 0.15) is 0 Å². The summed E-state index contributed by atoms with van der Waals surface area (Å²) < 4.78 is 5.78. The average Bonchev–Trinajstić information content (AvgIpc) is 2.53. The third-order valence-corrected chi connectivity index (χ3v) is 3.01. The lowest BCUT2D eigenvalue weighted by atomic mass is 10.2. The van der Waals surface area contributed by atoms with Gasteiger partial charge in [-0.25, -0.2) is 0 Å². The highest BCUT2D eigenvalue weighted by Gasteiger charge is 2.32. The molecule has 3 heteroatoms. The topological polar surface area (TPSA) is 24.5 Å². The molecule has 0 aliphatic carbocycles. The Morgan fingerprint density at radius 1 is 1.36 bits per heavy atom. The van der Waals surface area contributed by atoms with E-state index in [-0.39, 0.29) is 0 Å². The molecule has 2 atom stereocenters. The Balaban J connectivity index is 1.64. The monoisotopic (exact) mass is 196 g/mol. The van der Waals surface area contributed by atoms with Gasteiger partial charge in [-0.05, 0) is 12.8 Å². The predicted octanol–water partition coefficient (Wildman–Crippen LogP) is 0.625. The first kappa shape index (κ1) is 10.1. The van der Waals surface area contributed by atoms with Crippen molar-refractivity contribution in [2.24, 2.45) is 0 Å². The van der Waals surface area contributed by atoms with Gasteiger partial charge in [0.15, 0.2) is 0 Å². The van der Waals surface area contributed by atoms with Crippen molar-refractivity contribution in [2.45, 2.75) is 25.0 Å². The summed E-state index contributed by atoms with van der Waals surface area (Å²) in [5, 5.41) is 3.33. The number of nitrogens with zero attached hydrogens (tertiary/aromatic N) is 1. The highest BCUT2D eigenvalue weighted by molar-refractivity contribution is 4.85. The second-order valence-corrected chi connectivity index (χ2v) is 4.21. The summed E-state index contributed by atoms with van der Waals surface area (Å²) in [6, 6.07) is 0. The Bertz CT molecular complexity index is 184. The molecule has 2 heterocycles. The van der Waals surface area contributed by atoms with Crippen LogP contribution in [0.3, 0.4) is 0 Å². The van der Waals surface area contributed by atoms with Gasteiger partial charge in [-0.1, -0.05) is 6.08 Å². The Kier molecular flexibility index (Phi) is 3.56. The molecular weight excluding hydrogens is 176 g/mol. The van der Waals surface area contributed by atoms with Gasteiger partial charge in [0, 0.05) is 32.7 Å². The summed E-state index contributed by atoms with van der Waals surface area (Å²) in [7, 11) is 0. The first-order valence-electron chi connectivity index (χ1n) is 5.58. The van der Waals surface area contributed by atoms with Crippen LogP contribution in [-0.4, -0.2) is 49.8 Å². The number of rotatable bonds is 5. The largest absolute Gasteiger partial charge is 0.372 e. The van der Waals surface area contributed by atoms with Gasteiger partial charge in [0.05, 0.1) is 12.2 Å². The van der Waals surface area contributed by atoms with Crippen LogP contribution in [0, 0.1) is 0 Å². The van der Waals surface area contributed by atoms with E-state index in [9.17, 15) is 0 Å². The number of likely N-dealkylation sites (tertiary alicyclic amines) is 1. The highest BCUT2D eigenvalue weighted by Crippen LogP contribution is 2.25. The Morgan fingerprint density at radius 2 is 2.07 bits per heavy atom. The number of nitrogens with one attached hydrogen (secondary N) is 1. The smallest absolute Gasteiger partial charge is 0.0707 e. The lowest BCUT2D eigenvalue weighted by Gasteiger charge is -2.31. The van der Waals surface area contributed by atoms with Gasteiger partial charge < -0.3 is 10.1 Å². The number of fused-ring (bicyclic) bond motifs is 2. The van der Waals surface area contributed by atoms with E-state index in [1.807, 2.05) is 6.08 Å². The summed E-state index contributed by atoms with van der Waals surface area (Å²) in [4.78, 5) is 2.52. The minimum absolute atomic E-state index is 0.521. The van der Waals surface area contributed by atoms with E-state index in [0.717, 1.165) is 32.7 Å². The van der Waals surface area contributed by atoms with E-state index >= 15 is 0 Å². The summed E-state index contributed by atoms with van der Waals surface area (Å²) in [6.07, 6.45) is 5.48. The molecule has 2 aliphatic rings. The number of hydrogen-bond donors (Lipinski definition) is 1. The molecule has 2 unspecified atom stereocenters. The molecule has 0 aromatic carbocycles. The van der Waals surface area contributed by atoms with Crippen LogP contribution in [0.15, 0.2) is 12.7 Å². The molecule has 80 valence electrons. The van der Waals surface area contributed by atoms with Gasteiger partial charge in [-0.2, -0.15) is 0 Å². The quantitative estimate of drug-likeness (QED) is 0.515. The van der Waals surface area contributed by atoms with E-state index < -0.39 is 0 Å². The maximum absolute atomic E-state index is 5.78. The van der Waals surface area contributed by atoms with Crippen molar-refractivity contribution in [1.29, 1.82) is 0 Å². The molecule has 0 radical (unpaired) electrons. The molecular formula is C11H20N2O. The van der Waals surface area contributed by atoms with Crippen molar-refractivity contribution < 1.29 is 4.74 Å². The summed E-state index contributed by atoms with van der Waals surface area (Å²) in [5.74, 6) is 0. The number of ether oxygens (including phenoxy) is 1. The van der Waals surface area contributed by atoms with E-state index in [2.05, 4.69) is 16.8 Å². The second-order valence-electron chi connectivity index (χ2n) is 4.21. The van der Waals surface area contributed by atoms with Crippen LogP contribution in [-0.2, 0) is 4.74 Å². The minimum atomic E-state index is 0.521. The molecule has 2 fully saturated rings. The van der Waals surface area contributed by atoms with Gasteiger partial charge in [-0.3, -0.25) is 4.90 Å². The average molecular weight is 196 g/mol. The van der Waals surface area contributed by atoms with Gasteiger partial charge in [0.2, 0.25) is 0 Å². The molecule has 0 spiro atoms. The number of hydrogen-bond acceptors (Lipinski definition) is 3. The molecule has 0 aromatic heterocycles. The maximum atomic E-state index is 5.78. The molecule has 2 saturated heterocycles. The molecule has 2 bridgehead atoms. The summed E-state index contributed by atoms with van der Waals surface area (Å²) >= 11 is 0. The first-order chi connectivity index (χ1) is 6.88. The Hall–Kier alpha value is -0.380. The van der Waals surface area contributed by atoms with Gasteiger partial charge in [-0.15, -0.1) is 6.58 Å². The van der Waals surface area contributed by atoms with Crippen LogP contribution >= 0.6 is 0 Å². The van der Waals surface area contributed by atoms with Crippen LogP contribution in [0.25, 0.3) is 0 Å². The number of morpholine rings is 1. The van der Waals surface area contributed by atoms with Crippen LogP contribution in [0.4, 0.5) is 0 Å². The lowest BCUT2D eigenvalue weighted by Crippen LogP contribution is -2.45. The zero-order valence-electron chi connectivity index (χ0n) is 8.74. The predicted molar refractivity (Wildman–Crippen MR) is 57.4 cm³/mol. The molecule has 1 N–H and O–H groups in total. The molecule has 2 rings (SSSR count). The van der Waals surface area contributed by atoms with Crippen molar-refractivity contribution in [2.75, 3.05) is 32.7 Å². The fourth-order valence-corrected chi connectivity index (χ4v) is 2.32. The van der Waals surface area contributed by atoms with Crippen LogP contribution in [0.1, 0.15) is 12.8 Å². The third kappa shape index (κ3) is 2.56. The Labute approximate surface area is 86.1 Å². The van der Waals surface area contributed by atoms with Crippen LogP contribution < -0.4 is 5.32 Å². The zero-order chi connectivity index (χ0) is 9.80. The fourth-order valence-electron chi connectivity index (χ4n) is 2.32. The first-order valence-corrected chi connectivity index (χ1v) is 5.58. The summed E-state index contributed by atoms with van der Waals surface area (Å²) in [5.41, 5.74) is 0. The summed E-state index contributed by atoms with van der Waals surface area (Å²) in [6.45, 7) is 9.06. The van der Waals surface area contributed by atoms with Crippen molar-refractivity contribution in [3.05, 3.63) is 12.7 Å².